The average Bonchev–Trinajstić information content (AvgIpc) is 3.50. The monoisotopic (exact) mass is 459 g/mol. The van der Waals surface area contributed by atoms with E-state index in [1.807, 2.05) is 4.90 Å². The fourth-order valence-corrected chi connectivity index (χ4v) is 4.62. The Balaban J connectivity index is 0.000000968. The van der Waals surface area contributed by atoms with Gasteiger partial charge in [-0.15, -0.1) is 0 Å². The molecule has 11 heteroatoms. The number of phenols is 1. The van der Waals surface area contributed by atoms with Crippen molar-refractivity contribution in [3.05, 3.63) is 42.5 Å². The Bertz CT molecular complexity index is 953. The highest BCUT2D eigenvalue weighted by Crippen LogP contribution is 2.42. The molecule has 1 aromatic heterocycles. The maximum atomic E-state index is 12.8. The van der Waals surface area contributed by atoms with Crippen LogP contribution in [0, 0.1) is 11.3 Å². The molecule has 3 N–H and O–H groups in total. The molecule has 2 aliphatic rings. The van der Waals surface area contributed by atoms with Crippen LogP contribution >= 0.6 is 0 Å². The van der Waals surface area contributed by atoms with Crippen molar-refractivity contribution in [1.29, 1.82) is 0 Å². The summed E-state index contributed by atoms with van der Waals surface area (Å²) in [5.41, 5.74) is 0.137. The first-order chi connectivity index (χ1) is 15.9. The predicted octanol–water partition coefficient (Wildman–Crippen LogP) is -0.0133. The molecule has 2 aromatic rings. The van der Waals surface area contributed by atoms with E-state index in [1.165, 1.54) is 6.33 Å². The van der Waals surface area contributed by atoms with Gasteiger partial charge in [-0.05, 0) is 12.5 Å². The van der Waals surface area contributed by atoms with Gasteiger partial charge >= 0.3 is 0 Å². The number of aliphatic hydroxyl groups is 1. The first kappa shape index (κ1) is 24.2. The van der Waals surface area contributed by atoms with E-state index in [-0.39, 0.29) is 43.0 Å². The molecule has 2 fully saturated rings. The molecule has 2 amide bonds. The van der Waals surface area contributed by atoms with E-state index in [2.05, 4.69) is 10.1 Å². The summed E-state index contributed by atoms with van der Waals surface area (Å²) in [6.07, 6.45) is 4.34. The molecule has 0 spiro atoms. The highest BCUT2D eigenvalue weighted by atomic mass is 16.3. The molecule has 3 heterocycles. The zero-order chi connectivity index (χ0) is 23.8. The average molecular weight is 460 g/mol. The molecule has 4 rings (SSSR count). The van der Waals surface area contributed by atoms with Crippen molar-refractivity contribution in [1.82, 2.24) is 24.6 Å². The second-order valence-corrected chi connectivity index (χ2v) is 8.44. The number of carbonyl (C=O) groups excluding carboxylic acids is 2. The van der Waals surface area contributed by atoms with Crippen LogP contribution in [0.3, 0.4) is 0 Å². The van der Waals surface area contributed by atoms with Crippen molar-refractivity contribution in [2.45, 2.75) is 25.8 Å². The summed E-state index contributed by atoms with van der Waals surface area (Å²) in [6.45, 7) is 2.32. The van der Waals surface area contributed by atoms with Crippen LogP contribution in [0.1, 0.15) is 18.4 Å². The maximum Gasteiger partial charge on any atom is 0.290 e. The van der Waals surface area contributed by atoms with Crippen molar-refractivity contribution in [3.8, 4) is 5.75 Å². The second kappa shape index (κ2) is 10.9. The number of benzene rings is 1. The van der Waals surface area contributed by atoms with E-state index in [4.69, 9.17) is 9.90 Å². The highest BCUT2D eigenvalue weighted by Gasteiger charge is 2.53. The Morgan fingerprint density at radius 1 is 1.15 bits per heavy atom. The summed E-state index contributed by atoms with van der Waals surface area (Å²) in [6, 6.07) is 6.83. The van der Waals surface area contributed by atoms with Gasteiger partial charge in [0.1, 0.15) is 18.4 Å². The van der Waals surface area contributed by atoms with Crippen LogP contribution in [-0.2, 0) is 27.3 Å². The Kier molecular flexibility index (Phi) is 7.99. The van der Waals surface area contributed by atoms with Gasteiger partial charge < -0.3 is 25.1 Å². The third-order valence-corrected chi connectivity index (χ3v) is 6.36. The summed E-state index contributed by atoms with van der Waals surface area (Å²) in [5, 5.41) is 31.0. The van der Waals surface area contributed by atoms with E-state index >= 15 is 0 Å². The first-order valence-corrected chi connectivity index (χ1v) is 10.8. The second-order valence-electron chi connectivity index (χ2n) is 8.44. The molecule has 1 aromatic carbocycles. The fourth-order valence-electron chi connectivity index (χ4n) is 4.62. The number of nitrogens with zero attached hydrogens (tertiary/aromatic N) is 5. The van der Waals surface area contributed by atoms with E-state index in [1.54, 1.807) is 40.2 Å². The summed E-state index contributed by atoms with van der Waals surface area (Å²) >= 11 is 0. The van der Waals surface area contributed by atoms with Crippen molar-refractivity contribution < 1.29 is 29.7 Å². The minimum Gasteiger partial charge on any atom is -0.508 e. The number of hydrogen-bond acceptors (Lipinski definition) is 7. The topological polar surface area (TPSA) is 149 Å². The lowest BCUT2D eigenvalue weighted by Crippen LogP contribution is -2.40. The lowest BCUT2D eigenvalue weighted by atomic mass is 9.82. The van der Waals surface area contributed by atoms with Crippen molar-refractivity contribution in [2.24, 2.45) is 11.3 Å². The van der Waals surface area contributed by atoms with Gasteiger partial charge in [0.05, 0.1) is 13.0 Å². The smallest absolute Gasteiger partial charge is 0.290 e. The van der Waals surface area contributed by atoms with E-state index in [0.717, 1.165) is 0 Å². The molecule has 33 heavy (non-hydrogen) atoms. The van der Waals surface area contributed by atoms with E-state index in [0.29, 0.717) is 51.1 Å². The lowest BCUT2D eigenvalue weighted by Gasteiger charge is -2.27. The predicted molar refractivity (Wildman–Crippen MR) is 116 cm³/mol. The molecule has 11 nitrogen and oxygen atoms in total. The minimum absolute atomic E-state index is 0.0548. The van der Waals surface area contributed by atoms with Crippen molar-refractivity contribution in [3.63, 3.8) is 0 Å². The summed E-state index contributed by atoms with van der Waals surface area (Å²) in [7, 11) is 0. The summed E-state index contributed by atoms with van der Waals surface area (Å²) in [5.74, 6) is 0.189. The zero-order valence-electron chi connectivity index (χ0n) is 18.3. The van der Waals surface area contributed by atoms with E-state index in [9.17, 15) is 19.8 Å². The zero-order valence-corrected chi connectivity index (χ0v) is 18.3. The number of carbonyl (C=O) groups is 3. The lowest BCUT2D eigenvalue weighted by molar-refractivity contribution is -0.132. The van der Waals surface area contributed by atoms with Crippen LogP contribution in [0.5, 0.6) is 5.75 Å². The Morgan fingerprint density at radius 2 is 1.82 bits per heavy atom. The molecule has 2 atom stereocenters. The van der Waals surface area contributed by atoms with Gasteiger partial charge in [0.25, 0.3) is 6.47 Å². The molecule has 0 unspecified atom stereocenters. The number of likely N-dealkylation sites (tertiary alicyclic amines) is 2. The number of phenolic OH excluding ortho intramolecular Hbond substituents is 1. The molecule has 178 valence electrons. The number of hydrogen-bond donors (Lipinski definition) is 3. The normalized spacial score (nSPS) is 21.3. The Hall–Kier alpha value is -3.47. The van der Waals surface area contributed by atoms with Gasteiger partial charge in [0, 0.05) is 56.0 Å². The van der Waals surface area contributed by atoms with Gasteiger partial charge in [0.2, 0.25) is 11.8 Å². The number of rotatable bonds is 7. The fraction of sp³-hybridized carbons (Fsp3) is 0.500. The molecular formula is C22H29N5O6. The molecule has 2 aliphatic heterocycles. The molecule has 0 aliphatic carbocycles. The number of aromatic nitrogens is 3. The van der Waals surface area contributed by atoms with Crippen LogP contribution in [0.25, 0.3) is 0 Å². The van der Waals surface area contributed by atoms with Crippen LogP contribution in [0.2, 0.25) is 0 Å². The quantitative estimate of drug-likeness (QED) is 0.490. The van der Waals surface area contributed by atoms with Gasteiger partial charge in [-0.25, -0.2) is 4.98 Å². The first-order valence-electron chi connectivity index (χ1n) is 10.8. The maximum absolute atomic E-state index is 12.8. The number of para-hydroxylation sites is 1. The number of aromatic hydroxyl groups is 1. The Morgan fingerprint density at radius 3 is 2.39 bits per heavy atom. The SMILES string of the molecule is O=C(CCCn1cncn1)N1C[C@@H]2CN(C(=O)Cc3ccccc3O)C[C@]2(CO)C1.O=CO. The minimum atomic E-state index is -0.462. The molecule has 0 radical (unpaired) electrons. The standard InChI is InChI=1S/C21H27N5O4.CH2O2/c27-13-21-11-24(19(29)6-3-7-26-15-22-14-23-26)9-17(21)10-25(12-21)20(30)8-16-4-1-2-5-18(16)28;2-1-3/h1-2,4-5,14-15,17,27-28H,3,6-13H2;1H,(H,2,3)/t17-,21+;/m1./s1. The van der Waals surface area contributed by atoms with Crippen LogP contribution in [0.4, 0.5) is 0 Å². The van der Waals surface area contributed by atoms with Gasteiger partial charge in [-0.3, -0.25) is 19.1 Å². The Labute approximate surface area is 191 Å². The van der Waals surface area contributed by atoms with Crippen molar-refractivity contribution in [2.75, 3.05) is 32.8 Å². The van der Waals surface area contributed by atoms with Crippen LogP contribution < -0.4 is 0 Å². The van der Waals surface area contributed by atoms with Gasteiger partial charge in [-0.1, -0.05) is 18.2 Å². The van der Waals surface area contributed by atoms with Gasteiger partial charge in [-0.2, -0.15) is 5.10 Å². The van der Waals surface area contributed by atoms with Crippen LogP contribution in [-0.4, -0.2) is 91.0 Å². The van der Waals surface area contributed by atoms with Crippen molar-refractivity contribution >= 4 is 18.3 Å². The summed E-state index contributed by atoms with van der Waals surface area (Å²) < 4.78 is 1.70. The number of fused-ring (bicyclic) bond motifs is 1. The van der Waals surface area contributed by atoms with E-state index < -0.39 is 5.41 Å². The largest absolute Gasteiger partial charge is 0.508 e. The molecule has 2 saturated heterocycles. The molecule has 0 bridgehead atoms. The number of aliphatic hydroxyl groups excluding tert-OH is 1. The number of amides is 2. The molecular weight excluding hydrogens is 430 g/mol. The third-order valence-electron chi connectivity index (χ3n) is 6.36. The van der Waals surface area contributed by atoms with Crippen LogP contribution in [0.15, 0.2) is 36.9 Å². The third kappa shape index (κ3) is 5.67. The summed E-state index contributed by atoms with van der Waals surface area (Å²) in [4.78, 5) is 41.3. The number of aryl methyl sites for hydroxylation is 1. The highest BCUT2D eigenvalue weighted by molar-refractivity contribution is 5.80. The van der Waals surface area contributed by atoms with Gasteiger partial charge in [0.15, 0.2) is 0 Å². The number of carboxylic acid groups (broad SMARTS) is 1. The molecule has 0 saturated carbocycles.